The number of benzene rings is 1. The first kappa shape index (κ1) is 23.5. The summed E-state index contributed by atoms with van der Waals surface area (Å²) in [7, 11) is 0. The molecule has 0 aromatic heterocycles. The van der Waals surface area contributed by atoms with E-state index in [1.54, 1.807) is 30.6 Å². The van der Waals surface area contributed by atoms with E-state index < -0.39 is 11.7 Å². The van der Waals surface area contributed by atoms with Crippen LogP contribution in [0.3, 0.4) is 0 Å². The fourth-order valence-electron chi connectivity index (χ4n) is 3.04. The monoisotopic (exact) mass is 419 g/mol. The highest BCUT2D eigenvalue weighted by Crippen LogP contribution is 2.12. The van der Waals surface area contributed by atoms with Crippen LogP contribution >= 0.6 is 0 Å². The molecule has 1 saturated heterocycles. The lowest BCUT2D eigenvalue weighted by Crippen LogP contribution is -2.53. The van der Waals surface area contributed by atoms with Gasteiger partial charge in [-0.25, -0.2) is 9.59 Å². The van der Waals surface area contributed by atoms with Crippen LogP contribution in [-0.2, 0) is 20.9 Å². The maximum atomic E-state index is 12.7. The average Bonchev–Trinajstić information content (AvgIpc) is 2.71. The second-order valence-corrected chi connectivity index (χ2v) is 8.31. The second kappa shape index (κ2) is 10.8. The van der Waals surface area contributed by atoms with Crippen molar-refractivity contribution in [2.75, 3.05) is 39.3 Å². The highest BCUT2D eigenvalue weighted by molar-refractivity contribution is 5.82. The highest BCUT2D eigenvalue weighted by Gasteiger charge is 2.28. The molecular formula is C22H33N3O5. The van der Waals surface area contributed by atoms with Crippen LogP contribution in [0, 0.1) is 0 Å². The third-order valence-electron chi connectivity index (χ3n) is 4.57. The van der Waals surface area contributed by atoms with Crippen molar-refractivity contribution in [3.8, 4) is 0 Å². The van der Waals surface area contributed by atoms with Gasteiger partial charge in [0.15, 0.2) is 0 Å². The lowest BCUT2D eigenvalue weighted by molar-refractivity contribution is -0.134. The van der Waals surface area contributed by atoms with E-state index in [1.165, 1.54) is 4.90 Å². The van der Waals surface area contributed by atoms with E-state index in [2.05, 4.69) is 0 Å². The van der Waals surface area contributed by atoms with E-state index >= 15 is 0 Å². The smallest absolute Gasteiger partial charge is 0.410 e. The second-order valence-electron chi connectivity index (χ2n) is 8.31. The lowest BCUT2D eigenvalue weighted by Gasteiger charge is -2.35. The normalized spacial score (nSPS) is 14.3. The summed E-state index contributed by atoms with van der Waals surface area (Å²) in [6.45, 7) is 9.61. The van der Waals surface area contributed by atoms with Gasteiger partial charge in [-0.3, -0.25) is 9.69 Å². The predicted octanol–water partition coefficient (Wildman–Crippen LogP) is 3.11. The van der Waals surface area contributed by atoms with Crippen molar-refractivity contribution in [2.45, 2.75) is 46.3 Å². The standard InChI is InChI=1S/C22H33N3O5/c1-5-11-25(21(28)30-22(2,3)4)16-19(26)23-12-14-24(15-13-23)20(27)29-17-18-9-7-6-8-10-18/h6-10H,5,11-17H2,1-4H3. The molecule has 0 spiro atoms. The summed E-state index contributed by atoms with van der Waals surface area (Å²) >= 11 is 0. The molecule has 1 heterocycles. The zero-order valence-electron chi connectivity index (χ0n) is 18.4. The largest absolute Gasteiger partial charge is 0.445 e. The Kier molecular flexibility index (Phi) is 8.50. The van der Waals surface area contributed by atoms with Crippen LogP contribution in [0.15, 0.2) is 30.3 Å². The van der Waals surface area contributed by atoms with E-state index in [4.69, 9.17) is 9.47 Å². The molecule has 0 aliphatic carbocycles. The molecular weight excluding hydrogens is 386 g/mol. The van der Waals surface area contributed by atoms with Crippen LogP contribution in [0.1, 0.15) is 39.7 Å². The van der Waals surface area contributed by atoms with Crippen LogP contribution in [0.5, 0.6) is 0 Å². The van der Waals surface area contributed by atoms with E-state index in [1.807, 2.05) is 37.3 Å². The van der Waals surface area contributed by atoms with Crippen molar-refractivity contribution in [3.05, 3.63) is 35.9 Å². The van der Waals surface area contributed by atoms with E-state index in [9.17, 15) is 14.4 Å². The van der Waals surface area contributed by atoms with E-state index in [0.717, 1.165) is 12.0 Å². The Morgan fingerprint density at radius 1 is 1.00 bits per heavy atom. The molecule has 1 fully saturated rings. The molecule has 1 aliphatic heterocycles. The molecule has 0 radical (unpaired) electrons. The van der Waals surface area contributed by atoms with Gasteiger partial charge in [0.05, 0.1) is 0 Å². The minimum atomic E-state index is -0.613. The van der Waals surface area contributed by atoms with Crippen LogP contribution in [0.25, 0.3) is 0 Å². The first-order valence-corrected chi connectivity index (χ1v) is 10.4. The quantitative estimate of drug-likeness (QED) is 0.708. The molecule has 0 atom stereocenters. The summed E-state index contributed by atoms with van der Waals surface area (Å²) < 4.78 is 10.8. The maximum Gasteiger partial charge on any atom is 0.410 e. The van der Waals surface area contributed by atoms with Crippen LogP contribution in [-0.4, -0.2) is 77.7 Å². The van der Waals surface area contributed by atoms with Crippen LogP contribution < -0.4 is 0 Å². The van der Waals surface area contributed by atoms with Gasteiger partial charge in [-0.2, -0.15) is 0 Å². The van der Waals surface area contributed by atoms with Crippen molar-refractivity contribution in [1.29, 1.82) is 0 Å². The Bertz CT molecular complexity index is 709. The summed E-state index contributed by atoms with van der Waals surface area (Å²) in [5.74, 6) is -0.147. The number of amides is 3. The van der Waals surface area contributed by atoms with Crippen molar-refractivity contribution in [1.82, 2.24) is 14.7 Å². The number of hydrogen-bond acceptors (Lipinski definition) is 5. The molecule has 166 valence electrons. The molecule has 2 rings (SSSR count). The van der Waals surface area contributed by atoms with E-state index in [0.29, 0.717) is 32.7 Å². The van der Waals surface area contributed by atoms with Crippen molar-refractivity contribution < 1.29 is 23.9 Å². The molecule has 1 aliphatic rings. The number of piperazine rings is 1. The number of carbonyl (C=O) groups excluding carboxylic acids is 3. The number of rotatable bonds is 6. The molecule has 3 amide bonds. The van der Waals surface area contributed by atoms with Gasteiger partial charge in [-0.1, -0.05) is 37.3 Å². The first-order chi connectivity index (χ1) is 14.2. The van der Waals surface area contributed by atoms with E-state index in [-0.39, 0.29) is 25.2 Å². The summed E-state index contributed by atoms with van der Waals surface area (Å²) in [4.78, 5) is 42.0. The molecule has 0 N–H and O–H groups in total. The Morgan fingerprint density at radius 3 is 2.17 bits per heavy atom. The lowest BCUT2D eigenvalue weighted by atomic mass is 10.2. The summed E-state index contributed by atoms with van der Waals surface area (Å²) in [6, 6.07) is 9.50. The van der Waals surface area contributed by atoms with Gasteiger partial charge in [0.25, 0.3) is 0 Å². The molecule has 8 nitrogen and oxygen atoms in total. The van der Waals surface area contributed by atoms with Gasteiger partial charge < -0.3 is 19.3 Å². The molecule has 1 aromatic carbocycles. The molecule has 30 heavy (non-hydrogen) atoms. The zero-order chi connectivity index (χ0) is 22.1. The molecule has 1 aromatic rings. The van der Waals surface area contributed by atoms with Crippen molar-refractivity contribution >= 4 is 18.1 Å². The van der Waals surface area contributed by atoms with Crippen LogP contribution in [0.4, 0.5) is 9.59 Å². The molecule has 0 saturated carbocycles. The molecule has 8 heteroatoms. The van der Waals surface area contributed by atoms with Crippen LogP contribution in [0.2, 0.25) is 0 Å². The minimum absolute atomic E-state index is 0.0266. The summed E-state index contributed by atoms with van der Waals surface area (Å²) in [6.07, 6.45) is -0.138. The Hall–Kier alpha value is -2.77. The fraction of sp³-hybridized carbons (Fsp3) is 0.591. The van der Waals surface area contributed by atoms with Gasteiger partial charge in [0.1, 0.15) is 18.8 Å². The maximum absolute atomic E-state index is 12.7. The minimum Gasteiger partial charge on any atom is -0.445 e. The van der Waals surface area contributed by atoms with Gasteiger partial charge in [-0.15, -0.1) is 0 Å². The number of ether oxygens (including phenoxy) is 2. The van der Waals surface area contributed by atoms with Gasteiger partial charge >= 0.3 is 12.2 Å². The predicted molar refractivity (Wildman–Crippen MR) is 113 cm³/mol. The highest BCUT2D eigenvalue weighted by atomic mass is 16.6. The zero-order valence-corrected chi connectivity index (χ0v) is 18.4. The number of nitrogens with zero attached hydrogens (tertiary/aromatic N) is 3. The van der Waals surface area contributed by atoms with Gasteiger partial charge in [0, 0.05) is 32.7 Å². The fourth-order valence-corrected chi connectivity index (χ4v) is 3.04. The number of hydrogen-bond donors (Lipinski definition) is 0. The average molecular weight is 420 g/mol. The third kappa shape index (κ3) is 7.57. The SMILES string of the molecule is CCCN(CC(=O)N1CCN(C(=O)OCc2ccccc2)CC1)C(=O)OC(C)(C)C. The Balaban J connectivity index is 1.80. The topological polar surface area (TPSA) is 79.4 Å². The van der Waals surface area contributed by atoms with Crippen molar-refractivity contribution in [2.24, 2.45) is 0 Å². The first-order valence-electron chi connectivity index (χ1n) is 10.4. The Labute approximate surface area is 178 Å². The van der Waals surface area contributed by atoms with Gasteiger partial charge in [0.2, 0.25) is 5.91 Å². The summed E-state index contributed by atoms with van der Waals surface area (Å²) in [5.41, 5.74) is 0.315. The molecule has 0 bridgehead atoms. The third-order valence-corrected chi connectivity index (χ3v) is 4.57. The van der Waals surface area contributed by atoms with Gasteiger partial charge in [-0.05, 0) is 32.8 Å². The molecule has 0 unspecified atom stereocenters. The summed E-state index contributed by atoms with van der Waals surface area (Å²) in [5, 5.41) is 0. The Morgan fingerprint density at radius 2 is 1.60 bits per heavy atom. The number of carbonyl (C=O) groups is 3. The van der Waals surface area contributed by atoms with Crippen molar-refractivity contribution in [3.63, 3.8) is 0 Å².